The lowest BCUT2D eigenvalue weighted by Gasteiger charge is -2.29. The van der Waals surface area contributed by atoms with Crippen LogP contribution in [0.25, 0.3) is 0 Å². The van der Waals surface area contributed by atoms with Crippen LogP contribution in [0.3, 0.4) is 0 Å². The molecule has 1 heterocycles. The van der Waals surface area contributed by atoms with E-state index in [1.54, 1.807) is 56.5 Å². The maximum atomic E-state index is 13.2. The topological polar surface area (TPSA) is 84.0 Å². The Kier molecular flexibility index (Phi) is 5.69. The molecule has 1 fully saturated rings. The van der Waals surface area contributed by atoms with Crippen LogP contribution in [-0.4, -0.2) is 44.2 Å². The van der Waals surface area contributed by atoms with Crippen molar-refractivity contribution < 1.29 is 22.7 Å². The van der Waals surface area contributed by atoms with E-state index in [-0.39, 0.29) is 17.7 Å². The summed E-state index contributed by atoms with van der Waals surface area (Å²) in [5.74, 6) is -0.331. The number of nitrogens with zero attached hydrogens (tertiary/aromatic N) is 2. The van der Waals surface area contributed by atoms with Gasteiger partial charge in [0.2, 0.25) is 5.91 Å². The number of likely N-dealkylation sites (N-methyl/N-ethyl adjacent to an activating group) is 1. The Morgan fingerprint density at radius 3 is 2.36 bits per heavy atom. The lowest BCUT2D eigenvalue weighted by atomic mass is 10.2. The van der Waals surface area contributed by atoms with Crippen LogP contribution < -0.4 is 9.64 Å². The molecule has 148 valence electrons. The lowest BCUT2D eigenvalue weighted by Crippen LogP contribution is -2.49. The summed E-state index contributed by atoms with van der Waals surface area (Å²) in [6.07, 6.45) is 0.180. The molecule has 2 aromatic rings. The maximum absolute atomic E-state index is 13.2. The second-order valence-electron chi connectivity index (χ2n) is 6.34. The number of anilines is 1. The fourth-order valence-corrected chi connectivity index (χ4v) is 4.92. The summed E-state index contributed by atoms with van der Waals surface area (Å²) in [6.45, 7) is 2.14. The highest BCUT2D eigenvalue weighted by atomic mass is 32.2. The van der Waals surface area contributed by atoms with Crippen LogP contribution in [0.4, 0.5) is 5.69 Å². The fraction of sp³-hybridized carbons (Fsp3) is 0.300. The molecule has 2 amide bonds. The van der Waals surface area contributed by atoms with Gasteiger partial charge in [0.15, 0.2) is 0 Å². The Labute approximate surface area is 164 Å². The fourth-order valence-electron chi connectivity index (χ4n) is 3.30. The number of carbonyl (C=O) groups excluding carboxylic acids is 2. The first-order chi connectivity index (χ1) is 13.4. The molecule has 0 saturated carbocycles. The molecule has 28 heavy (non-hydrogen) atoms. The zero-order chi connectivity index (χ0) is 20.3. The van der Waals surface area contributed by atoms with Crippen molar-refractivity contribution in [2.45, 2.75) is 30.7 Å². The Morgan fingerprint density at radius 2 is 1.79 bits per heavy atom. The molecule has 1 atom stereocenters. The van der Waals surface area contributed by atoms with Crippen LogP contribution in [-0.2, 0) is 19.6 Å². The van der Waals surface area contributed by atoms with Gasteiger partial charge in [0.1, 0.15) is 11.8 Å². The third-order valence-electron chi connectivity index (χ3n) is 4.71. The number of carbonyl (C=O) groups is 2. The van der Waals surface area contributed by atoms with Crippen molar-refractivity contribution >= 4 is 27.5 Å². The molecule has 1 saturated heterocycles. The summed E-state index contributed by atoms with van der Waals surface area (Å²) in [6, 6.07) is 13.6. The number of hydrogen-bond acceptors (Lipinski definition) is 5. The van der Waals surface area contributed by atoms with Gasteiger partial charge in [0.25, 0.3) is 15.9 Å². The minimum Gasteiger partial charge on any atom is -0.497 e. The van der Waals surface area contributed by atoms with Crippen molar-refractivity contribution in [1.82, 2.24) is 4.31 Å². The molecular weight excluding hydrogens is 380 g/mol. The SMILES string of the molecule is CCN(C(=O)[C@@H]1CCC(=O)N1S(=O)(=O)c1ccccc1)c1ccc(OC)cc1. The van der Waals surface area contributed by atoms with Crippen molar-refractivity contribution in [1.29, 1.82) is 0 Å². The predicted octanol–water partition coefficient (Wildman–Crippen LogP) is 2.43. The molecule has 0 aliphatic carbocycles. The van der Waals surface area contributed by atoms with E-state index in [9.17, 15) is 18.0 Å². The van der Waals surface area contributed by atoms with Gasteiger partial charge in [-0.1, -0.05) is 18.2 Å². The van der Waals surface area contributed by atoms with E-state index in [2.05, 4.69) is 0 Å². The second-order valence-corrected chi connectivity index (χ2v) is 8.16. The molecule has 0 spiro atoms. The summed E-state index contributed by atoms with van der Waals surface area (Å²) >= 11 is 0. The van der Waals surface area contributed by atoms with E-state index < -0.39 is 27.9 Å². The normalized spacial score (nSPS) is 16.9. The highest BCUT2D eigenvalue weighted by Gasteiger charge is 2.45. The van der Waals surface area contributed by atoms with Gasteiger partial charge < -0.3 is 9.64 Å². The smallest absolute Gasteiger partial charge is 0.267 e. The summed E-state index contributed by atoms with van der Waals surface area (Å²) < 4.78 is 31.9. The number of rotatable bonds is 6. The van der Waals surface area contributed by atoms with Gasteiger partial charge in [-0.05, 0) is 49.7 Å². The van der Waals surface area contributed by atoms with Crippen molar-refractivity contribution in [3.05, 3.63) is 54.6 Å². The third-order valence-corrected chi connectivity index (χ3v) is 6.56. The monoisotopic (exact) mass is 402 g/mol. The van der Waals surface area contributed by atoms with Gasteiger partial charge in [-0.3, -0.25) is 9.59 Å². The number of hydrogen-bond donors (Lipinski definition) is 0. The van der Waals surface area contributed by atoms with E-state index in [4.69, 9.17) is 4.74 Å². The number of amides is 2. The molecule has 0 bridgehead atoms. The van der Waals surface area contributed by atoms with Crippen LogP contribution in [0.5, 0.6) is 5.75 Å². The molecule has 0 unspecified atom stereocenters. The molecule has 1 aliphatic rings. The molecule has 0 N–H and O–H groups in total. The van der Waals surface area contributed by atoms with Crippen LogP contribution in [0.2, 0.25) is 0 Å². The number of ether oxygens (including phenoxy) is 1. The summed E-state index contributed by atoms with van der Waals surface area (Å²) in [5, 5.41) is 0. The first-order valence-electron chi connectivity index (χ1n) is 8.98. The van der Waals surface area contributed by atoms with E-state index in [0.29, 0.717) is 18.0 Å². The molecule has 8 heteroatoms. The highest BCUT2D eigenvalue weighted by molar-refractivity contribution is 7.89. The standard InChI is InChI=1S/C20H22N2O5S/c1-3-21(15-9-11-16(27-2)12-10-15)20(24)18-13-14-19(23)22(18)28(25,26)17-7-5-4-6-8-17/h4-12,18H,3,13-14H2,1-2H3/t18-/m0/s1. The molecule has 2 aromatic carbocycles. The van der Waals surface area contributed by atoms with Crippen LogP contribution in [0, 0.1) is 0 Å². The average Bonchev–Trinajstić information content (AvgIpc) is 3.12. The number of sulfonamides is 1. The maximum Gasteiger partial charge on any atom is 0.267 e. The van der Waals surface area contributed by atoms with Gasteiger partial charge in [0, 0.05) is 18.7 Å². The van der Waals surface area contributed by atoms with Gasteiger partial charge in [-0.25, -0.2) is 12.7 Å². The van der Waals surface area contributed by atoms with Crippen LogP contribution in [0.1, 0.15) is 19.8 Å². The lowest BCUT2D eigenvalue weighted by molar-refractivity contribution is -0.129. The van der Waals surface area contributed by atoms with E-state index in [1.807, 2.05) is 0 Å². The quantitative estimate of drug-likeness (QED) is 0.741. The first kappa shape index (κ1) is 19.9. The molecular formula is C20H22N2O5S. The van der Waals surface area contributed by atoms with E-state index >= 15 is 0 Å². The molecule has 0 aromatic heterocycles. The third kappa shape index (κ3) is 3.60. The molecule has 7 nitrogen and oxygen atoms in total. The zero-order valence-electron chi connectivity index (χ0n) is 15.7. The molecule has 3 rings (SSSR count). The van der Waals surface area contributed by atoms with Crippen molar-refractivity contribution in [3.63, 3.8) is 0 Å². The highest BCUT2D eigenvalue weighted by Crippen LogP contribution is 2.30. The van der Waals surface area contributed by atoms with Gasteiger partial charge >= 0.3 is 0 Å². The largest absolute Gasteiger partial charge is 0.497 e. The summed E-state index contributed by atoms with van der Waals surface area (Å²) in [5.41, 5.74) is 0.615. The summed E-state index contributed by atoms with van der Waals surface area (Å²) in [4.78, 5) is 27.1. The van der Waals surface area contributed by atoms with Crippen LogP contribution in [0.15, 0.2) is 59.5 Å². The Morgan fingerprint density at radius 1 is 1.14 bits per heavy atom. The predicted molar refractivity (Wildman–Crippen MR) is 105 cm³/mol. The number of benzene rings is 2. The second kappa shape index (κ2) is 8.02. The van der Waals surface area contributed by atoms with Crippen molar-refractivity contribution in [3.8, 4) is 5.75 Å². The zero-order valence-corrected chi connectivity index (χ0v) is 16.6. The molecule has 1 aliphatic heterocycles. The van der Waals surface area contributed by atoms with E-state index in [0.717, 1.165) is 4.31 Å². The minimum absolute atomic E-state index is 0.00412. The summed E-state index contributed by atoms with van der Waals surface area (Å²) in [7, 11) is -2.55. The Hall–Kier alpha value is -2.87. The molecule has 0 radical (unpaired) electrons. The Balaban J connectivity index is 1.93. The van der Waals surface area contributed by atoms with Crippen molar-refractivity contribution in [2.75, 3.05) is 18.6 Å². The van der Waals surface area contributed by atoms with E-state index in [1.165, 1.54) is 17.0 Å². The van der Waals surface area contributed by atoms with Gasteiger partial charge in [-0.15, -0.1) is 0 Å². The number of methoxy groups -OCH3 is 1. The average molecular weight is 402 g/mol. The first-order valence-corrected chi connectivity index (χ1v) is 10.4. The van der Waals surface area contributed by atoms with Gasteiger partial charge in [-0.2, -0.15) is 0 Å². The van der Waals surface area contributed by atoms with Gasteiger partial charge in [0.05, 0.1) is 12.0 Å². The Bertz CT molecular complexity index is 958. The minimum atomic E-state index is -4.10. The van der Waals surface area contributed by atoms with Crippen molar-refractivity contribution in [2.24, 2.45) is 0 Å². The van der Waals surface area contributed by atoms with Crippen LogP contribution >= 0.6 is 0 Å².